The first kappa shape index (κ1) is 17.2. The average molecular weight is 384 g/mol. The van der Waals surface area contributed by atoms with Crippen LogP contribution in [0.3, 0.4) is 0 Å². The Bertz CT molecular complexity index is 1150. The maximum Gasteiger partial charge on any atom is 0.283 e. The lowest BCUT2D eigenvalue weighted by Gasteiger charge is -2.14. The summed E-state index contributed by atoms with van der Waals surface area (Å²) in [5.74, 6) is 0. The van der Waals surface area contributed by atoms with Crippen molar-refractivity contribution in [2.45, 2.75) is 30.7 Å². The van der Waals surface area contributed by atoms with Crippen LogP contribution in [0.15, 0.2) is 58.5 Å². The minimum absolute atomic E-state index is 0.0978. The Morgan fingerprint density at radius 1 is 1.19 bits per heavy atom. The van der Waals surface area contributed by atoms with Crippen molar-refractivity contribution in [1.82, 2.24) is 14.5 Å². The van der Waals surface area contributed by atoms with E-state index in [0.717, 1.165) is 28.5 Å². The summed E-state index contributed by atoms with van der Waals surface area (Å²) in [6, 6.07) is 15.1. The molecule has 1 atom stereocenters. The summed E-state index contributed by atoms with van der Waals surface area (Å²) in [4.78, 5) is 21.4. The number of rotatable bonds is 4. The van der Waals surface area contributed by atoms with Crippen molar-refractivity contribution in [2.24, 2.45) is 0 Å². The third kappa shape index (κ3) is 2.91. The van der Waals surface area contributed by atoms with Crippen molar-refractivity contribution in [3.8, 4) is 5.69 Å². The average Bonchev–Trinajstić information content (AvgIpc) is 3.02. The number of nitrogens with zero attached hydrogens (tertiary/aromatic N) is 2. The van der Waals surface area contributed by atoms with Gasteiger partial charge in [0.05, 0.1) is 5.69 Å². The zero-order chi connectivity index (χ0) is 18.3. The van der Waals surface area contributed by atoms with Gasteiger partial charge in [0.2, 0.25) is 0 Å². The first-order valence-electron chi connectivity index (χ1n) is 8.54. The number of halogens is 1. The number of H-pyrrole nitrogens is 1. The van der Waals surface area contributed by atoms with Crippen LogP contribution in [0.5, 0.6) is 0 Å². The fourth-order valence-electron chi connectivity index (χ4n) is 2.90. The van der Waals surface area contributed by atoms with E-state index in [1.165, 1.54) is 0 Å². The SMILES string of the molecule is CCC(C)Sc1nc2c([nH]c3ccccc32)c(=O)n1-c1ccc(Cl)cc1. The molecule has 0 aliphatic carbocycles. The maximum absolute atomic E-state index is 13.3. The lowest BCUT2D eigenvalue weighted by atomic mass is 10.2. The molecular weight excluding hydrogens is 366 g/mol. The Hall–Kier alpha value is -2.24. The molecule has 2 heterocycles. The molecule has 4 nitrogen and oxygen atoms in total. The highest BCUT2D eigenvalue weighted by atomic mass is 35.5. The molecule has 0 spiro atoms. The summed E-state index contributed by atoms with van der Waals surface area (Å²) >= 11 is 7.63. The van der Waals surface area contributed by atoms with Gasteiger partial charge in [0.15, 0.2) is 5.16 Å². The van der Waals surface area contributed by atoms with Crippen molar-refractivity contribution in [2.75, 3.05) is 0 Å². The number of aromatic nitrogens is 3. The van der Waals surface area contributed by atoms with Crippen LogP contribution < -0.4 is 5.56 Å². The Kier molecular flexibility index (Phi) is 4.51. The van der Waals surface area contributed by atoms with Gasteiger partial charge < -0.3 is 4.98 Å². The number of hydrogen-bond acceptors (Lipinski definition) is 3. The topological polar surface area (TPSA) is 50.7 Å². The van der Waals surface area contributed by atoms with Gasteiger partial charge in [0.25, 0.3) is 5.56 Å². The zero-order valence-corrected chi connectivity index (χ0v) is 16.1. The smallest absolute Gasteiger partial charge is 0.283 e. The summed E-state index contributed by atoms with van der Waals surface area (Å²) in [6.45, 7) is 4.27. The van der Waals surface area contributed by atoms with Gasteiger partial charge in [-0.15, -0.1) is 0 Å². The highest BCUT2D eigenvalue weighted by Crippen LogP contribution is 2.29. The Labute approximate surface area is 160 Å². The molecule has 4 rings (SSSR count). The van der Waals surface area contributed by atoms with E-state index >= 15 is 0 Å². The van der Waals surface area contributed by atoms with Crippen LogP contribution in [0.2, 0.25) is 5.02 Å². The van der Waals surface area contributed by atoms with E-state index in [9.17, 15) is 4.79 Å². The Morgan fingerprint density at radius 2 is 1.92 bits per heavy atom. The molecule has 132 valence electrons. The molecule has 0 aliphatic heterocycles. The van der Waals surface area contributed by atoms with Crippen LogP contribution in [0.4, 0.5) is 0 Å². The number of thioether (sulfide) groups is 1. The zero-order valence-electron chi connectivity index (χ0n) is 14.5. The van der Waals surface area contributed by atoms with Gasteiger partial charge in [-0.1, -0.05) is 55.4 Å². The molecular formula is C20H18ClN3OS. The highest BCUT2D eigenvalue weighted by Gasteiger charge is 2.18. The number of para-hydroxylation sites is 1. The molecule has 1 unspecified atom stereocenters. The molecule has 0 radical (unpaired) electrons. The summed E-state index contributed by atoms with van der Waals surface area (Å²) in [7, 11) is 0. The molecule has 2 aromatic carbocycles. The van der Waals surface area contributed by atoms with Gasteiger partial charge in [0, 0.05) is 21.2 Å². The van der Waals surface area contributed by atoms with E-state index in [1.54, 1.807) is 28.5 Å². The molecule has 1 N–H and O–H groups in total. The lowest BCUT2D eigenvalue weighted by molar-refractivity contribution is 0.806. The van der Waals surface area contributed by atoms with E-state index in [4.69, 9.17) is 16.6 Å². The normalized spacial score (nSPS) is 12.7. The van der Waals surface area contributed by atoms with Crippen LogP contribution in [0.25, 0.3) is 27.6 Å². The van der Waals surface area contributed by atoms with E-state index in [0.29, 0.717) is 20.9 Å². The quantitative estimate of drug-likeness (QED) is 0.378. The van der Waals surface area contributed by atoms with Crippen LogP contribution in [0.1, 0.15) is 20.3 Å². The number of benzene rings is 2. The third-order valence-corrected chi connectivity index (χ3v) is 5.93. The fourth-order valence-corrected chi connectivity index (χ4v) is 3.99. The summed E-state index contributed by atoms with van der Waals surface area (Å²) in [6.07, 6.45) is 0.993. The second-order valence-corrected chi connectivity index (χ2v) is 8.08. The Morgan fingerprint density at radius 3 is 2.65 bits per heavy atom. The van der Waals surface area contributed by atoms with Crippen molar-refractivity contribution >= 4 is 45.3 Å². The van der Waals surface area contributed by atoms with Gasteiger partial charge in [0.1, 0.15) is 11.0 Å². The molecule has 0 saturated carbocycles. The summed E-state index contributed by atoms with van der Waals surface area (Å²) < 4.78 is 1.67. The van der Waals surface area contributed by atoms with Gasteiger partial charge in [-0.25, -0.2) is 4.98 Å². The van der Waals surface area contributed by atoms with E-state index in [-0.39, 0.29) is 5.56 Å². The minimum Gasteiger partial charge on any atom is -0.349 e. The van der Waals surface area contributed by atoms with Crippen molar-refractivity contribution in [3.05, 3.63) is 63.9 Å². The van der Waals surface area contributed by atoms with Crippen LogP contribution in [0, 0.1) is 0 Å². The molecule has 0 fully saturated rings. The highest BCUT2D eigenvalue weighted by molar-refractivity contribution is 7.99. The molecule has 0 aliphatic rings. The van der Waals surface area contributed by atoms with Crippen molar-refractivity contribution in [1.29, 1.82) is 0 Å². The molecule has 0 bridgehead atoms. The molecule has 26 heavy (non-hydrogen) atoms. The largest absolute Gasteiger partial charge is 0.349 e. The number of fused-ring (bicyclic) bond motifs is 3. The van der Waals surface area contributed by atoms with Crippen LogP contribution in [-0.4, -0.2) is 19.8 Å². The molecule has 0 saturated heterocycles. The second-order valence-electron chi connectivity index (χ2n) is 6.24. The van der Waals surface area contributed by atoms with Crippen LogP contribution in [-0.2, 0) is 0 Å². The third-order valence-electron chi connectivity index (χ3n) is 4.46. The predicted octanol–water partition coefficient (Wildman–Crippen LogP) is 5.41. The molecule has 0 amide bonds. The Balaban J connectivity index is 2.05. The predicted molar refractivity (Wildman–Crippen MR) is 110 cm³/mol. The van der Waals surface area contributed by atoms with E-state index < -0.39 is 0 Å². The number of aromatic amines is 1. The lowest BCUT2D eigenvalue weighted by Crippen LogP contribution is -2.22. The number of nitrogens with one attached hydrogen (secondary N) is 1. The van der Waals surface area contributed by atoms with Gasteiger partial charge in [-0.05, 0) is 36.8 Å². The minimum atomic E-state index is -0.0978. The second kappa shape index (κ2) is 6.82. The van der Waals surface area contributed by atoms with Gasteiger partial charge >= 0.3 is 0 Å². The molecule has 6 heteroatoms. The van der Waals surface area contributed by atoms with E-state index in [1.807, 2.05) is 36.4 Å². The van der Waals surface area contributed by atoms with Crippen LogP contribution >= 0.6 is 23.4 Å². The first-order valence-corrected chi connectivity index (χ1v) is 9.80. The summed E-state index contributed by atoms with van der Waals surface area (Å²) in [5, 5.41) is 2.65. The standard InChI is InChI=1S/C20H18ClN3OS/c1-3-12(2)26-20-23-17-15-6-4-5-7-16(15)22-18(17)19(25)24(20)14-10-8-13(21)9-11-14/h4-12,22H,3H2,1-2H3. The van der Waals surface area contributed by atoms with Crippen molar-refractivity contribution < 1.29 is 0 Å². The number of hydrogen-bond donors (Lipinski definition) is 1. The monoisotopic (exact) mass is 383 g/mol. The van der Waals surface area contributed by atoms with Gasteiger partial charge in [-0.3, -0.25) is 9.36 Å². The van der Waals surface area contributed by atoms with E-state index in [2.05, 4.69) is 18.8 Å². The molecule has 4 aromatic rings. The summed E-state index contributed by atoms with van der Waals surface area (Å²) in [5.41, 5.74) is 2.83. The first-order chi connectivity index (χ1) is 12.6. The fraction of sp³-hybridized carbons (Fsp3) is 0.200. The maximum atomic E-state index is 13.3. The van der Waals surface area contributed by atoms with Crippen molar-refractivity contribution in [3.63, 3.8) is 0 Å². The molecule has 2 aromatic heterocycles. The van der Waals surface area contributed by atoms with Gasteiger partial charge in [-0.2, -0.15) is 0 Å².